The Labute approximate surface area is 222 Å². The second-order valence-electron chi connectivity index (χ2n) is 9.22. The number of aromatic hydroxyl groups is 1. The number of ketones is 1. The number of anilines is 2. The summed E-state index contributed by atoms with van der Waals surface area (Å²) in [6.07, 6.45) is 0.253. The Morgan fingerprint density at radius 2 is 1.82 bits per heavy atom. The lowest BCUT2D eigenvalue weighted by Crippen LogP contribution is -2.47. The van der Waals surface area contributed by atoms with Crippen molar-refractivity contribution in [1.82, 2.24) is 4.98 Å². The molecule has 0 fully saturated rings. The van der Waals surface area contributed by atoms with Gasteiger partial charge in [0.1, 0.15) is 11.4 Å². The van der Waals surface area contributed by atoms with E-state index in [1.807, 2.05) is 0 Å². The van der Waals surface area contributed by atoms with Gasteiger partial charge in [-0.1, -0.05) is 0 Å². The van der Waals surface area contributed by atoms with Gasteiger partial charge in [0.15, 0.2) is 17.0 Å². The van der Waals surface area contributed by atoms with E-state index >= 15 is 0 Å². The van der Waals surface area contributed by atoms with Crippen molar-refractivity contribution < 1.29 is 38.4 Å². The molecular weight excluding hydrogens is 518 g/mol. The first-order chi connectivity index (χ1) is 18.1. The lowest BCUT2D eigenvalue weighted by molar-refractivity contribution is -0.143. The highest BCUT2D eigenvalue weighted by atomic mass is 35.5. The number of amides is 1. The first kappa shape index (κ1) is 25.5. The molecule has 2 aromatic carbocycles. The number of ether oxygens (including phenoxy) is 4. The Kier molecular flexibility index (Phi) is 6.06. The van der Waals surface area contributed by atoms with E-state index in [2.05, 4.69) is 10.3 Å². The number of carbonyl (C=O) groups is 3. The number of aromatic amines is 1. The largest absolute Gasteiger partial charge is 0.506 e. The van der Waals surface area contributed by atoms with Crippen molar-refractivity contribution in [1.29, 1.82) is 0 Å². The second-order valence-corrected chi connectivity index (χ2v) is 9.84. The number of hydrogen-bond acceptors (Lipinski definition) is 9. The number of carbonyl (C=O) groups excluding carboxylic acids is 3. The summed E-state index contributed by atoms with van der Waals surface area (Å²) in [5, 5.41) is 13.8. The van der Waals surface area contributed by atoms with Gasteiger partial charge in [-0.05, 0) is 31.0 Å². The highest BCUT2D eigenvalue weighted by molar-refractivity contribution is 6.27. The number of nitrogens with one attached hydrogen (secondary N) is 2. The van der Waals surface area contributed by atoms with Gasteiger partial charge in [0, 0.05) is 18.0 Å². The second kappa shape index (κ2) is 9.02. The summed E-state index contributed by atoms with van der Waals surface area (Å²) in [6.45, 7) is 1.51. The van der Waals surface area contributed by atoms with Crippen molar-refractivity contribution in [3.05, 3.63) is 35.0 Å². The van der Waals surface area contributed by atoms with Crippen LogP contribution in [0.3, 0.4) is 0 Å². The number of aromatic nitrogens is 1. The standard InChI is InChI=1S/C26H26ClN3O8/c1-26(25(34)38-5)23(32)18-13-8-12(27)10-30(15(13)9-16(31)20(18)29-26)24(33)14-6-11-7-17(35-2)21(36-3)22(37-4)19(11)28-14/h6-7,9,12,28-29,31H,8,10H2,1-5H3/t12-,26+/m0/s1. The van der Waals surface area contributed by atoms with Crippen LogP contribution in [0, 0.1) is 0 Å². The Hall–Kier alpha value is -4.12. The molecule has 3 N–H and O–H groups in total. The molecule has 0 saturated carbocycles. The predicted molar refractivity (Wildman–Crippen MR) is 139 cm³/mol. The third-order valence-electron chi connectivity index (χ3n) is 7.03. The number of Topliss-reactive ketones (excluding diaryl/α,β-unsaturated/α-hetero) is 1. The molecule has 1 amide bonds. The number of alkyl halides is 1. The van der Waals surface area contributed by atoms with E-state index in [4.69, 9.17) is 30.5 Å². The summed E-state index contributed by atoms with van der Waals surface area (Å²) >= 11 is 6.58. The Balaban J connectivity index is 1.63. The van der Waals surface area contributed by atoms with Gasteiger partial charge in [0.05, 0.1) is 56.3 Å². The third-order valence-corrected chi connectivity index (χ3v) is 7.33. The van der Waals surface area contributed by atoms with E-state index in [0.717, 1.165) is 0 Å². The number of phenols is 1. The van der Waals surface area contributed by atoms with Crippen molar-refractivity contribution in [2.45, 2.75) is 24.3 Å². The van der Waals surface area contributed by atoms with Crippen LogP contribution in [0.1, 0.15) is 33.3 Å². The number of esters is 1. The van der Waals surface area contributed by atoms with Gasteiger partial charge in [-0.2, -0.15) is 0 Å². The van der Waals surface area contributed by atoms with Crippen molar-refractivity contribution in [2.24, 2.45) is 0 Å². The van der Waals surface area contributed by atoms with Gasteiger partial charge in [0.2, 0.25) is 11.5 Å². The molecule has 3 aromatic rings. The molecule has 0 aliphatic carbocycles. The quantitative estimate of drug-likeness (QED) is 0.191. The van der Waals surface area contributed by atoms with Crippen molar-refractivity contribution in [3.63, 3.8) is 0 Å². The van der Waals surface area contributed by atoms with Crippen molar-refractivity contribution >= 4 is 51.5 Å². The van der Waals surface area contributed by atoms with Crippen LogP contribution in [0.4, 0.5) is 11.4 Å². The van der Waals surface area contributed by atoms with Gasteiger partial charge in [-0.15, -0.1) is 11.6 Å². The van der Waals surface area contributed by atoms with Gasteiger partial charge in [-0.25, -0.2) is 4.79 Å². The van der Waals surface area contributed by atoms with E-state index < -0.39 is 28.6 Å². The van der Waals surface area contributed by atoms with Crippen LogP contribution in [0.15, 0.2) is 18.2 Å². The summed E-state index contributed by atoms with van der Waals surface area (Å²) in [7, 11) is 5.64. The molecule has 0 bridgehead atoms. The van der Waals surface area contributed by atoms with Crippen LogP contribution < -0.4 is 24.4 Å². The summed E-state index contributed by atoms with van der Waals surface area (Å²) < 4.78 is 21.2. The van der Waals surface area contributed by atoms with E-state index in [1.54, 1.807) is 12.1 Å². The lowest BCUT2D eigenvalue weighted by atomic mass is 9.88. The molecule has 1 aromatic heterocycles. The smallest absolute Gasteiger partial charge is 0.339 e. The number of fused-ring (bicyclic) bond motifs is 4. The molecule has 38 heavy (non-hydrogen) atoms. The molecule has 3 heterocycles. The van der Waals surface area contributed by atoms with E-state index in [9.17, 15) is 19.5 Å². The third kappa shape index (κ3) is 3.52. The number of H-pyrrole nitrogens is 1. The zero-order valence-corrected chi connectivity index (χ0v) is 22.1. The molecule has 0 unspecified atom stereocenters. The maximum absolute atomic E-state index is 13.8. The monoisotopic (exact) mass is 543 g/mol. The lowest BCUT2D eigenvalue weighted by Gasteiger charge is -2.33. The molecule has 5 rings (SSSR count). The molecule has 2 atom stereocenters. The number of methoxy groups -OCH3 is 4. The summed E-state index contributed by atoms with van der Waals surface area (Å²) in [4.78, 5) is 44.2. The van der Waals surface area contributed by atoms with E-state index in [-0.39, 0.29) is 35.7 Å². The van der Waals surface area contributed by atoms with E-state index in [0.29, 0.717) is 39.4 Å². The van der Waals surface area contributed by atoms with Crippen LogP contribution >= 0.6 is 11.6 Å². The minimum Gasteiger partial charge on any atom is -0.506 e. The van der Waals surface area contributed by atoms with Crippen LogP contribution in [0.2, 0.25) is 0 Å². The molecule has 2 aliphatic rings. The number of rotatable bonds is 5. The number of nitrogens with zero attached hydrogens (tertiary/aromatic N) is 1. The minimum atomic E-state index is -1.72. The fraction of sp³-hybridized carbons (Fsp3) is 0.346. The zero-order valence-electron chi connectivity index (χ0n) is 21.4. The van der Waals surface area contributed by atoms with Crippen molar-refractivity contribution in [2.75, 3.05) is 45.2 Å². The first-order valence-electron chi connectivity index (χ1n) is 11.7. The average molecular weight is 544 g/mol. The molecule has 2 aliphatic heterocycles. The predicted octanol–water partition coefficient (Wildman–Crippen LogP) is 3.25. The van der Waals surface area contributed by atoms with Gasteiger partial charge < -0.3 is 39.3 Å². The maximum Gasteiger partial charge on any atom is 0.339 e. The maximum atomic E-state index is 13.8. The molecule has 12 heteroatoms. The van der Waals surface area contributed by atoms with E-state index in [1.165, 1.54) is 46.3 Å². The number of halogens is 1. The minimum absolute atomic E-state index is 0.106. The number of phenolic OH excluding ortho intramolecular Hbond substituents is 1. The van der Waals surface area contributed by atoms with Gasteiger partial charge in [-0.3, -0.25) is 9.59 Å². The molecule has 0 spiro atoms. The number of hydrogen-bond donors (Lipinski definition) is 3. The average Bonchev–Trinajstić information content (AvgIpc) is 3.46. The zero-order chi connectivity index (χ0) is 27.5. The Morgan fingerprint density at radius 3 is 2.45 bits per heavy atom. The fourth-order valence-corrected chi connectivity index (χ4v) is 5.50. The summed E-state index contributed by atoms with van der Waals surface area (Å²) in [5.41, 5.74) is 0.0298. The normalized spacial score (nSPS) is 20.0. The molecule has 0 radical (unpaired) electrons. The SMILES string of the molecule is COC(=O)[C@]1(C)Nc2c(O)cc3c(c2C1=O)C[C@H](Cl)CN3C(=O)c1cc2cc(OC)c(OC)c(OC)c2[nH]1. The molecule has 200 valence electrons. The number of benzene rings is 2. The van der Waals surface area contributed by atoms with Gasteiger partial charge >= 0.3 is 5.97 Å². The fourth-order valence-electron chi connectivity index (χ4n) is 5.20. The highest BCUT2D eigenvalue weighted by Crippen LogP contribution is 2.48. The first-order valence-corrected chi connectivity index (χ1v) is 12.1. The van der Waals surface area contributed by atoms with Gasteiger partial charge in [0.25, 0.3) is 5.91 Å². The van der Waals surface area contributed by atoms with Crippen LogP contribution in [0.25, 0.3) is 10.9 Å². The van der Waals surface area contributed by atoms with Crippen LogP contribution in [-0.4, -0.2) is 73.7 Å². The highest BCUT2D eigenvalue weighted by Gasteiger charge is 2.52. The van der Waals surface area contributed by atoms with Crippen molar-refractivity contribution in [3.8, 4) is 23.0 Å². The topological polar surface area (TPSA) is 139 Å². The molecule has 11 nitrogen and oxygen atoms in total. The summed E-state index contributed by atoms with van der Waals surface area (Å²) in [5.74, 6) is -0.925. The Bertz CT molecular complexity index is 1520. The van der Waals surface area contributed by atoms with Crippen LogP contribution in [-0.2, 0) is 16.0 Å². The molecule has 0 saturated heterocycles. The molecular formula is C26H26ClN3O8. The Morgan fingerprint density at radius 1 is 1.11 bits per heavy atom. The summed E-state index contributed by atoms with van der Waals surface area (Å²) in [6, 6.07) is 4.76. The van der Waals surface area contributed by atoms with Crippen LogP contribution in [0.5, 0.6) is 23.0 Å².